The summed E-state index contributed by atoms with van der Waals surface area (Å²) in [6, 6.07) is 12.1. The molecule has 53 heavy (non-hydrogen) atoms. The van der Waals surface area contributed by atoms with Crippen LogP contribution in [0.3, 0.4) is 0 Å². The second-order valence-electron chi connectivity index (χ2n) is 13.9. The molecule has 3 aromatic carbocycles. The van der Waals surface area contributed by atoms with E-state index in [1.165, 1.54) is 0 Å². The van der Waals surface area contributed by atoms with E-state index in [0.717, 1.165) is 55.2 Å². The molecule has 0 amide bonds. The fourth-order valence-electron chi connectivity index (χ4n) is 6.27. The van der Waals surface area contributed by atoms with Crippen LogP contribution in [0.15, 0.2) is 36.4 Å². The van der Waals surface area contributed by atoms with E-state index in [1.54, 1.807) is 0 Å². The lowest BCUT2D eigenvalue weighted by Gasteiger charge is -2.35. The molecule has 9 heteroatoms. The van der Waals surface area contributed by atoms with Crippen LogP contribution >= 0.6 is 0 Å². The van der Waals surface area contributed by atoms with Gasteiger partial charge in [0.25, 0.3) is 0 Å². The minimum atomic E-state index is -0.897. The van der Waals surface area contributed by atoms with Gasteiger partial charge in [-0.15, -0.1) is 0 Å². The highest BCUT2D eigenvalue weighted by molar-refractivity contribution is 5.59. The molecule has 3 aromatic rings. The standard InChI is InChI=1S/C44H66O9/c1-8-14-48-26-32-20-38(21-33(41(32)45)27-49-15-9-2)44(7,39-22-34(28-50-16-10-3)42(46)35(23-39)29-51-17-11-4)40-24-36(30-52-18-12-5)43(47)37(25-40)31-53-19-13-6/h20-25,45-47H,8-19,26-31H2,1-7H3. The Bertz CT molecular complexity index is 1250. The SMILES string of the molecule is CCCOCc1cc(C(C)(c2cc(COCCC)c(O)c(COCCC)c2)c2cc(COCCC)c(O)c(COCCC)c2)cc(COCCC)c1O. The van der Waals surface area contributed by atoms with Gasteiger partial charge >= 0.3 is 0 Å². The summed E-state index contributed by atoms with van der Waals surface area (Å²) in [4.78, 5) is 0. The van der Waals surface area contributed by atoms with Crippen molar-refractivity contribution >= 4 is 0 Å². The first-order valence-corrected chi connectivity index (χ1v) is 19.7. The zero-order chi connectivity index (χ0) is 38.6. The van der Waals surface area contributed by atoms with E-state index in [1.807, 2.05) is 36.4 Å². The summed E-state index contributed by atoms with van der Waals surface area (Å²) in [5.41, 5.74) is 5.72. The number of phenolic OH excluding ortho intramolecular Hbond substituents is 3. The number of hydrogen-bond acceptors (Lipinski definition) is 9. The van der Waals surface area contributed by atoms with E-state index in [0.29, 0.717) is 73.0 Å². The fraction of sp³-hybridized carbons (Fsp3) is 0.591. The molecule has 296 valence electrons. The second kappa shape index (κ2) is 23.6. The molecule has 3 N–H and O–H groups in total. The lowest BCUT2D eigenvalue weighted by molar-refractivity contribution is 0.114. The Balaban J connectivity index is 2.45. The minimum Gasteiger partial charge on any atom is -0.507 e. The van der Waals surface area contributed by atoms with Gasteiger partial charge < -0.3 is 43.7 Å². The minimum absolute atomic E-state index is 0.157. The van der Waals surface area contributed by atoms with Crippen LogP contribution in [0.5, 0.6) is 17.2 Å². The second-order valence-corrected chi connectivity index (χ2v) is 13.9. The van der Waals surface area contributed by atoms with Gasteiger partial charge in [-0.05, 0) is 98.5 Å². The molecular weight excluding hydrogens is 672 g/mol. The molecular formula is C44H66O9. The third kappa shape index (κ3) is 12.4. The Kier molecular flexibility index (Phi) is 19.7. The van der Waals surface area contributed by atoms with E-state index < -0.39 is 5.41 Å². The van der Waals surface area contributed by atoms with E-state index in [-0.39, 0.29) is 56.9 Å². The largest absolute Gasteiger partial charge is 0.507 e. The van der Waals surface area contributed by atoms with Crippen molar-refractivity contribution in [3.05, 3.63) is 86.5 Å². The van der Waals surface area contributed by atoms with Gasteiger partial charge in [-0.3, -0.25) is 0 Å². The van der Waals surface area contributed by atoms with Crippen LogP contribution in [0.25, 0.3) is 0 Å². The molecule has 9 nitrogen and oxygen atoms in total. The summed E-state index contributed by atoms with van der Waals surface area (Å²) in [7, 11) is 0. The van der Waals surface area contributed by atoms with E-state index in [2.05, 4.69) is 48.5 Å². The normalized spacial score (nSPS) is 11.8. The number of ether oxygens (including phenoxy) is 6. The maximum absolute atomic E-state index is 11.6. The fourth-order valence-corrected chi connectivity index (χ4v) is 6.27. The van der Waals surface area contributed by atoms with Gasteiger partial charge in [0.15, 0.2) is 0 Å². The van der Waals surface area contributed by atoms with Gasteiger partial charge in [-0.25, -0.2) is 0 Å². The van der Waals surface area contributed by atoms with Crippen molar-refractivity contribution in [1.29, 1.82) is 0 Å². The average molecular weight is 739 g/mol. The van der Waals surface area contributed by atoms with Crippen molar-refractivity contribution < 1.29 is 43.7 Å². The number of phenols is 3. The third-order valence-electron chi connectivity index (χ3n) is 9.17. The topological polar surface area (TPSA) is 116 Å². The molecule has 0 heterocycles. The van der Waals surface area contributed by atoms with E-state index >= 15 is 0 Å². The molecule has 0 bridgehead atoms. The van der Waals surface area contributed by atoms with Crippen LogP contribution in [0.4, 0.5) is 0 Å². The molecule has 0 unspecified atom stereocenters. The highest BCUT2D eigenvalue weighted by Crippen LogP contribution is 2.46. The van der Waals surface area contributed by atoms with Gasteiger partial charge in [0.05, 0.1) is 39.6 Å². The Labute approximate surface area is 318 Å². The van der Waals surface area contributed by atoms with Gasteiger partial charge in [-0.2, -0.15) is 0 Å². The molecule has 0 aliphatic heterocycles. The lowest BCUT2D eigenvalue weighted by Crippen LogP contribution is -2.27. The molecule has 0 fully saturated rings. The summed E-state index contributed by atoms with van der Waals surface area (Å²) in [5.74, 6) is 0.470. The monoisotopic (exact) mass is 738 g/mol. The van der Waals surface area contributed by atoms with Crippen molar-refractivity contribution in [3.8, 4) is 17.2 Å². The quantitative estimate of drug-likeness (QED) is 0.0519. The molecule has 0 aliphatic carbocycles. The summed E-state index contributed by atoms with van der Waals surface area (Å²) in [5, 5.41) is 34.7. The van der Waals surface area contributed by atoms with Crippen molar-refractivity contribution in [2.45, 2.75) is 132 Å². The molecule has 0 atom stereocenters. The highest BCUT2D eigenvalue weighted by atomic mass is 16.5. The molecule has 0 saturated heterocycles. The summed E-state index contributed by atoms with van der Waals surface area (Å²) >= 11 is 0. The molecule has 3 rings (SSSR count). The van der Waals surface area contributed by atoms with Crippen molar-refractivity contribution in [2.24, 2.45) is 0 Å². The van der Waals surface area contributed by atoms with E-state index in [9.17, 15) is 15.3 Å². The van der Waals surface area contributed by atoms with Crippen LogP contribution in [0, 0.1) is 0 Å². The van der Waals surface area contributed by atoms with Crippen LogP contribution in [-0.2, 0) is 73.5 Å². The Morgan fingerprint density at radius 1 is 0.358 bits per heavy atom. The number of rotatable bonds is 27. The molecule has 0 saturated carbocycles. The van der Waals surface area contributed by atoms with Gasteiger partial charge in [0.2, 0.25) is 0 Å². The third-order valence-corrected chi connectivity index (χ3v) is 9.17. The van der Waals surface area contributed by atoms with Crippen molar-refractivity contribution in [1.82, 2.24) is 0 Å². The Morgan fingerprint density at radius 3 is 0.679 bits per heavy atom. The molecule has 0 spiro atoms. The summed E-state index contributed by atoms with van der Waals surface area (Å²) in [6.45, 7) is 19.2. The summed E-state index contributed by atoms with van der Waals surface area (Å²) in [6.07, 6.45) is 5.10. The Morgan fingerprint density at radius 2 is 0.528 bits per heavy atom. The van der Waals surface area contributed by atoms with Gasteiger partial charge in [0, 0.05) is 78.4 Å². The smallest absolute Gasteiger partial charge is 0.126 e. The number of aromatic hydroxyl groups is 3. The average Bonchev–Trinajstić information content (AvgIpc) is 3.15. The maximum atomic E-state index is 11.6. The predicted molar refractivity (Wildman–Crippen MR) is 210 cm³/mol. The zero-order valence-electron chi connectivity index (χ0n) is 33.5. The van der Waals surface area contributed by atoms with Gasteiger partial charge in [-0.1, -0.05) is 41.5 Å². The van der Waals surface area contributed by atoms with Gasteiger partial charge in [0.1, 0.15) is 17.2 Å². The first-order valence-electron chi connectivity index (χ1n) is 19.7. The Hall–Kier alpha value is -3.18. The summed E-state index contributed by atoms with van der Waals surface area (Å²) < 4.78 is 36.0. The first kappa shape index (κ1) is 44.2. The van der Waals surface area contributed by atoms with E-state index in [4.69, 9.17) is 28.4 Å². The first-order chi connectivity index (χ1) is 25.7. The molecule has 0 aliphatic rings. The van der Waals surface area contributed by atoms with Crippen LogP contribution in [0.1, 0.15) is 137 Å². The van der Waals surface area contributed by atoms with Crippen molar-refractivity contribution in [2.75, 3.05) is 39.6 Å². The van der Waals surface area contributed by atoms with Crippen molar-refractivity contribution in [3.63, 3.8) is 0 Å². The number of benzene rings is 3. The lowest BCUT2D eigenvalue weighted by atomic mass is 9.69. The highest BCUT2D eigenvalue weighted by Gasteiger charge is 2.35. The maximum Gasteiger partial charge on any atom is 0.126 e. The predicted octanol–water partition coefficient (Wildman–Crippen LogP) is 9.72. The van der Waals surface area contributed by atoms with Crippen LogP contribution < -0.4 is 0 Å². The zero-order valence-corrected chi connectivity index (χ0v) is 33.5. The van der Waals surface area contributed by atoms with Crippen LogP contribution in [0.2, 0.25) is 0 Å². The number of hydrogen-bond donors (Lipinski definition) is 3. The molecule has 0 radical (unpaired) electrons. The molecule has 0 aromatic heterocycles. The van der Waals surface area contributed by atoms with Crippen LogP contribution in [-0.4, -0.2) is 55.0 Å².